The number of para-hydroxylation sites is 1. The highest BCUT2D eigenvalue weighted by molar-refractivity contribution is 7.89. The molecule has 0 heterocycles. The second kappa shape index (κ2) is 8.97. The van der Waals surface area contributed by atoms with Crippen LogP contribution in [0.4, 0.5) is 5.69 Å². The molecule has 0 saturated carbocycles. The van der Waals surface area contributed by atoms with Gasteiger partial charge in [-0.05, 0) is 25.6 Å². The van der Waals surface area contributed by atoms with Crippen molar-refractivity contribution in [1.82, 2.24) is 4.72 Å². The van der Waals surface area contributed by atoms with Gasteiger partial charge < -0.3 is 5.32 Å². The van der Waals surface area contributed by atoms with Crippen LogP contribution in [0.15, 0.2) is 29.2 Å². The number of rotatable bonds is 10. The third-order valence-electron chi connectivity index (χ3n) is 3.29. The van der Waals surface area contributed by atoms with Crippen LogP contribution in [0.25, 0.3) is 0 Å². The summed E-state index contributed by atoms with van der Waals surface area (Å²) in [7, 11) is -1.97. The first-order valence-electron chi connectivity index (χ1n) is 7.38. The maximum absolute atomic E-state index is 11.9. The molecular formula is C15H26N2O2S. The Hall–Kier alpha value is -1.07. The van der Waals surface area contributed by atoms with Crippen LogP contribution in [0, 0.1) is 0 Å². The summed E-state index contributed by atoms with van der Waals surface area (Å²) in [5.74, 6) is 0. The van der Waals surface area contributed by atoms with Crippen LogP contribution >= 0.6 is 0 Å². The van der Waals surface area contributed by atoms with Crippen molar-refractivity contribution in [2.75, 3.05) is 18.9 Å². The summed E-state index contributed by atoms with van der Waals surface area (Å²) in [6.07, 6.45) is 7.36. The minimum atomic E-state index is -3.40. The van der Waals surface area contributed by atoms with Crippen molar-refractivity contribution >= 4 is 15.7 Å². The summed E-state index contributed by atoms with van der Waals surface area (Å²) in [4.78, 5) is 0.313. The summed E-state index contributed by atoms with van der Waals surface area (Å²) >= 11 is 0. The predicted octanol–water partition coefficient (Wildman–Crippen LogP) is 3.37. The Morgan fingerprint density at radius 3 is 2.35 bits per heavy atom. The number of unbranched alkanes of at least 4 members (excludes halogenated alkanes) is 5. The third kappa shape index (κ3) is 5.51. The standard InChI is InChI=1S/C15H26N2O2S/c1-3-4-5-6-7-10-13-17-14-11-8-9-12-15(14)20(18,19)16-2/h8-9,11-12,16-17H,3-7,10,13H2,1-2H3. The van der Waals surface area contributed by atoms with Gasteiger partial charge in [0.15, 0.2) is 0 Å². The molecule has 4 nitrogen and oxygen atoms in total. The van der Waals surface area contributed by atoms with Gasteiger partial charge in [-0.25, -0.2) is 13.1 Å². The van der Waals surface area contributed by atoms with Gasteiger partial charge in [0.1, 0.15) is 4.90 Å². The molecule has 0 fully saturated rings. The van der Waals surface area contributed by atoms with E-state index < -0.39 is 10.0 Å². The van der Waals surface area contributed by atoms with E-state index in [-0.39, 0.29) is 0 Å². The Morgan fingerprint density at radius 2 is 1.65 bits per heavy atom. The van der Waals surface area contributed by atoms with Crippen LogP contribution in [-0.2, 0) is 10.0 Å². The smallest absolute Gasteiger partial charge is 0.242 e. The van der Waals surface area contributed by atoms with Gasteiger partial charge in [-0.3, -0.25) is 0 Å². The van der Waals surface area contributed by atoms with Crippen molar-refractivity contribution in [3.8, 4) is 0 Å². The van der Waals surface area contributed by atoms with E-state index in [4.69, 9.17) is 0 Å². The average molecular weight is 298 g/mol. The lowest BCUT2D eigenvalue weighted by Gasteiger charge is -2.11. The molecule has 0 unspecified atom stereocenters. The molecule has 0 amide bonds. The molecule has 1 aromatic rings. The van der Waals surface area contributed by atoms with Gasteiger partial charge in [0.2, 0.25) is 10.0 Å². The first-order valence-corrected chi connectivity index (χ1v) is 8.86. The molecule has 0 aliphatic carbocycles. The van der Waals surface area contributed by atoms with Gasteiger partial charge in [-0.15, -0.1) is 0 Å². The fraction of sp³-hybridized carbons (Fsp3) is 0.600. The Bertz CT molecular complexity index is 486. The van der Waals surface area contributed by atoms with Crippen LogP contribution in [0.5, 0.6) is 0 Å². The zero-order valence-corrected chi connectivity index (χ0v) is 13.3. The largest absolute Gasteiger partial charge is 0.384 e. The lowest BCUT2D eigenvalue weighted by molar-refractivity contribution is 0.588. The molecule has 0 saturated heterocycles. The Morgan fingerprint density at radius 1 is 1.00 bits per heavy atom. The van der Waals surface area contributed by atoms with E-state index in [1.54, 1.807) is 18.2 Å². The van der Waals surface area contributed by atoms with Crippen molar-refractivity contribution in [2.45, 2.75) is 50.3 Å². The molecule has 0 spiro atoms. The summed E-state index contributed by atoms with van der Waals surface area (Å²) in [5, 5.41) is 3.23. The van der Waals surface area contributed by atoms with E-state index in [1.807, 2.05) is 6.07 Å². The Balaban J connectivity index is 2.45. The minimum absolute atomic E-state index is 0.313. The molecule has 114 valence electrons. The van der Waals surface area contributed by atoms with Crippen molar-refractivity contribution in [3.05, 3.63) is 24.3 Å². The highest BCUT2D eigenvalue weighted by Crippen LogP contribution is 2.20. The lowest BCUT2D eigenvalue weighted by Crippen LogP contribution is -2.20. The molecule has 1 rings (SSSR count). The molecular weight excluding hydrogens is 272 g/mol. The van der Waals surface area contributed by atoms with E-state index >= 15 is 0 Å². The second-order valence-electron chi connectivity index (χ2n) is 4.90. The SMILES string of the molecule is CCCCCCCCNc1ccccc1S(=O)(=O)NC. The molecule has 0 radical (unpaired) electrons. The van der Waals surface area contributed by atoms with E-state index in [1.165, 1.54) is 39.2 Å². The quantitative estimate of drug-likeness (QED) is 0.651. The van der Waals surface area contributed by atoms with Crippen LogP contribution < -0.4 is 10.0 Å². The first-order chi connectivity index (χ1) is 9.61. The number of hydrogen-bond donors (Lipinski definition) is 2. The van der Waals surface area contributed by atoms with Gasteiger partial charge in [-0.2, -0.15) is 0 Å². The zero-order valence-electron chi connectivity index (χ0n) is 12.5. The summed E-state index contributed by atoms with van der Waals surface area (Å²) in [5.41, 5.74) is 0.676. The molecule has 5 heteroatoms. The molecule has 2 N–H and O–H groups in total. The van der Waals surface area contributed by atoms with Crippen molar-refractivity contribution in [3.63, 3.8) is 0 Å². The number of nitrogens with one attached hydrogen (secondary N) is 2. The number of hydrogen-bond acceptors (Lipinski definition) is 3. The van der Waals surface area contributed by atoms with Crippen LogP contribution in [0.2, 0.25) is 0 Å². The monoisotopic (exact) mass is 298 g/mol. The molecule has 0 aliphatic heterocycles. The van der Waals surface area contributed by atoms with Crippen molar-refractivity contribution in [2.24, 2.45) is 0 Å². The number of anilines is 1. The molecule has 20 heavy (non-hydrogen) atoms. The van der Waals surface area contributed by atoms with Gasteiger partial charge in [0, 0.05) is 6.54 Å². The van der Waals surface area contributed by atoms with Gasteiger partial charge >= 0.3 is 0 Å². The molecule has 0 aliphatic rings. The maximum Gasteiger partial charge on any atom is 0.242 e. The zero-order chi connectivity index (χ0) is 14.8. The van der Waals surface area contributed by atoms with Gasteiger partial charge in [0.05, 0.1) is 5.69 Å². The number of sulfonamides is 1. The summed E-state index contributed by atoms with van der Waals surface area (Å²) in [6.45, 7) is 3.02. The van der Waals surface area contributed by atoms with Crippen LogP contribution in [0.3, 0.4) is 0 Å². The highest BCUT2D eigenvalue weighted by Gasteiger charge is 2.15. The third-order valence-corrected chi connectivity index (χ3v) is 4.76. The summed E-state index contributed by atoms with van der Waals surface area (Å²) in [6, 6.07) is 7.01. The maximum atomic E-state index is 11.9. The Kier molecular flexibility index (Phi) is 7.62. The second-order valence-corrected chi connectivity index (χ2v) is 6.75. The minimum Gasteiger partial charge on any atom is -0.384 e. The van der Waals surface area contributed by atoms with Crippen LogP contribution in [-0.4, -0.2) is 22.0 Å². The van der Waals surface area contributed by atoms with E-state index in [9.17, 15) is 8.42 Å². The van der Waals surface area contributed by atoms with Crippen molar-refractivity contribution in [1.29, 1.82) is 0 Å². The topological polar surface area (TPSA) is 58.2 Å². The fourth-order valence-electron chi connectivity index (χ4n) is 2.09. The molecule has 0 aromatic heterocycles. The normalized spacial score (nSPS) is 11.5. The van der Waals surface area contributed by atoms with Gasteiger partial charge in [-0.1, -0.05) is 51.2 Å². The fourth-order valence-corrected chi connectivity index (χ4v) is 2.99. The molecule has 0 atom stereocenters. The number of benzene rings is 1. The predicted molar refractivity (Wildman–Crippen MR) is 84.6 cm³/mol. The first kappa shape index (κ1) is 17.0. The van der Waals surface area contributed by atoms with E-state index in [0.29, 0.717) is 10.6 Å². The highest BCUT2D eigenvalue weighted by atomic mass is 32.2. The van der Waals surface area contributed by atoms with Crippen molar-refractivity contribution < 1.29 is 8.42 Å². The van der Waals surface area contributed by atoms with E-state index in [0.717, 1.165) is 13.0 Å². The van der Waals surface area contributed by atoms with Gasteiger partial charge in [0.25, 0.3) is 0 Å². The van der Waals surface area contributed by atoms with E-state index in [2.05, 4.69) is 17.0 Å². The Labute approximate surface area is 123 Å². The van der Waals surface area contributed by atoms with Crippen LogP contribution in [0.1, 0.15) is 45.4 Å². The molecule has 0 bridgehead atoms. The molecule has 1 aromatic carbocycles. The average Bonchev–Trinajstić information content (AvgIpc) is 2.46. The lowest BCUT2D eigenvalue weighted by atomic mass is 10.1. The summed E-state index contributed by atoms with van der Waals surface area (Å²) < 4.78 is 26.1.